The van der Waals surface area contributed by atoms with Crippen LogP contribution in [0.2, 0.25) is 0 Å². The Labute approximate surface area is 177 Å². The molecule has 2 aromatic rings. The minimum Gasteiger partial charge on any atom is -0.485 e. The van der Waals surface area contributed by atoms with E-state index >= 15 is 0 Å². The zero-order chi connectivity index (χ0) is 21.8. The van der Waals surface area contributed by atoms with E-state index in [1.54, 1.807) is 17.0 Å². The number of halogens is 1. The third kappa shape index (κ3) is 4.91. The minimum atomic E-state index is -0.924. The van der Waals surface area contributed by atoms with Crippen molar-refractivity contribution in [3.8, 4) is 11.8 Å². The van der Waals surface area contributed by atoms with Crippen molar-refractivity contribution in [1.29, 1.82) is 5.26 Å². The highest BCUT2D eigenvalue weighted by Crippen LogP contribution is 2.41. The molecule has 0 spiro atoms. The number of piperidine rings is 1. The van der Waals surface area contributed by atoms with Gasteiger partial charge in [-0.05, 0) is 45.2 Å². The van der Waals surface area contributed by atoms with Crippen LogP contribution in [0.15, 0.2) is 48.5 Å². The topological polar surface area (TPSA) is 62.6 Å². The fraction of sp³-hybridized carbons (Fsp3) is 0.417. The summed E-state index contributed by atoms with van der Waals surface area (Å²) in [5.41, 5.74) is -0.0590. The highest BCUT2D eigenvalue weighted by molar-refractivity contribution is 5.68. The molecule has 0 N–H and O–H groups in total. The van der Waals surface area contributed by atoms with Crippen molar-refractivity contribution in [2.24, 2.45) is 0 Å². The Morgan fingerprint density at radius 3 is 2.40 bits per heavy atom. The lowest BCUT2D eigenvalue weighted by atomic mass is 9.73. The van der Waals surface area contributed by atoms with Gasteiger partial charge in [-0.15, -0.1) is 0 Å². The zero-order valence-electron chi connectivity index (χ0n) is 17.7. The second-order valence-electron chi connectivity index (χ2n) is 8.55. The highest BCUT2D eigenvalue weighted by atomic mass is 19.1. The van der Waals surface area contributed by atoms with E-state index in [0.717, 1.165) is 5.56 Å². The van der Waals surface area contributed by atoms with E-state index in [2.05, 4.69) is 6.07 Å². The number of amides is 1. The van der Waals surface area contributed by atoms with Crippen LogP contribution in [0.1, 0.15) is 44.7 Å². The van der Waals surface area contributed by atoms with Crippen molar-refractivity contribution in [2.75, 3.05) is 13.1 Å². The number of nitrogens with zero attached hydrogens (tertiary/aromatic N) is 2. The van der Waals surface area contributed by atoms with Crippen LogP contribution in [0.3, 0.4) is 0 Å². The van der Waals surface area contributed by atoms with Crippen molar-refractivity contribution in [3.63, 3.8) is 0 Å². The standard InChI is InChI=1S/C24H27FN2O3/c1-23(2,3)30-22(28)27-14-12-24(17-26,13-15-27)19-10-7-11-20(25)21(19)29-16-18-8-5-4-6-9-18/h4-11H,12-16H2,1-3H3. The molecule has 1 aliphatic rings. The fourth-order valence-electron chi connectivity index (χ4n) is 3.60. The first-order valence-corrected chi connectivity index (χ1v) is 10.1. The molecule has 5 nitrogen and oxygen atoms in total. The van der Waals surface area contributed by atoms with Gasteiger partial charge >= 0.3 is 6.09 Å². The van der Waals surface area contributed by atoms with Crippen molar-refractivity contribution in [3.05, 3.63) is 65.5 Å². The number of likely N-dealkylation sites (tertiary alicyclic amines) is 1. The number of carbonyl (C=O) groups excluding carboxylic acids is 1. The summed E-state index contributed by atoms with van der Waals surface area (Å²) in [4.78, 5) is 14.0. The van der Waals surface area contributed by atoms with Crippen molar-refractivity contribution >= 4 is 6.09 Å². The van der Waals surface area contributed by atoms with Crippen LogP contribution in [-0.4, -0.2) is 29.7 Å². The van der Waals surface area contributed by atoms with Gasteiger partial charge in [-0.25, -0.2) is 9.18 Å². The van der Waals surface area contributed by atoms with Gasteiger partial charge in [0.25, 0.3) is 0 Å². The summed E-state index contributed by atoms with van der Waals surface area (Å²) in [6.45, 7) is 6.38. The molecule has 3 rings (SSSR count). The van der Waals surface area contributed by atoms with Crippen molar-refractivity contribution < 1.29 is 18.7 Å². The summed E-state index contributed by atoms with van der Waals surface area (Å²) < 4.78 is 26.0. The lowest BCUT2D eigenvalue weighted by Crippen LogP contribution is -2.46. The molecule has 0 atom stereocenters. The van der Waals surface area contributed by atoms with Crippen molar-refractivity contribution in [1.82, 2.24) is 4.90 Å². The maximum Gasteiger partial charge on any atom is 0.410 e. The van der Waals surface area contributed by atoms with E-state index in [1.807, 2.05) is 51.1 Å². The molecule has 0 bridgehead atoms. The number of rotatable bonds is 4. The number of ether oxygens (including phenoxy) is 2. The monoisotopic (exact) mass is 410 g/mol. The number of hydrogen-bond acceptors (Lipinski definition) is 4. The number of hydrogen-bond donors (Lipinski definition) is 0. The van der Waals surface area contributed by atoms with E-state index in [4.69, 9.17) is 9.47 Å². The van der Waals surface area contributed by atoms with E-state index in [-0.39, 0.29) is 12.4 Å². The molecule has 158 valence electrons. The zero-order valence-corrected chi connectivity index (χ0v) is 17.7. The minimum absolute atomic E-state index is 0.105. The van der Waals surface area contributed by atoms with E-state index in [1.165, 1.54) is 6.07 Å². The largest absolute Gasteiger partial charge is 0.485 e. The van der Waals surface area contributed by atoms with E-state index in [0.29, 0.717) is 31.5 Å². The maximum atomic E-state index is 14.7. The quantitative estimate of drug-likeness (QED) is 0.695. The van der Waals surface area contributed by atoms with E-state index in [9.17, 15) is 14.4 Å². The Morgan fingerprint density at radius 1 is 1.13 bits per heavy atom. The molecular weight excluding hydrogens is 383 g/mol. The third-order valence-corrected chi connectivity index (χ3v) is 5.19. The van der Waals surface area contributed by atoms with Crippen LogP contribution in [0, 0.1) is 17.1 Å². The average molecular weight is 410 g/mol. The molecule has 1 heterocycles. The van der Waals surface area contributed by atoms with Gasteiger partial charge < -0.3 is 14.4 Å². The molecule has 0 unspecified atom stereocenters. The SMILES string of the molecule is CC(C)(C)OC(=O)N1CCC(C#N)(c2cccc(F)c2OCc2ccccc2)CC1. The second-order valence-corrected chi connectivity index (χ2v) is 8.55. The molecule has 1 amide bonds. The number of carbonyl (C=O) groups is 1. The normalized spacial score (nSPS) is 15.9. The molecule has 0 aliphatic carbocycles. The van der Waals surface area contributed by atoms with Gasteiger partial charge in [-0.1, -0.05) is 42.5 Å². The fourth-order valence-corrected chi connectivity index (χ4v) is 3.60. The van der Waals surface area contributed by atoms with Crippen LogP contribution in [0.4, 0.5) is 9.18 Å². The summed E-state index contributed by atoms with van der Waals surface area (Å²) in [7, 11) is 0. The molecular formula is C24H27FN2O3. The van der Waals surface area contributed by atoms with Crippen LogP contribution < -0.4 is 4.74 Å². The average Bonchev–Trinajstić information content (AvgIpc) is 2.72. The molecule has 2 aromatic carbocycles. The summed E-state index contributed by atoms with van der Waals surface area (Å²) in [6, 6.07) is 16.6. The van der Waals surface area contributed by atoms with Gasteiger partial charge in [0.2, 0.25) is 0 Å². The van der Waals surface area contributed by atoms with Gasteiger partial charge in [-0.3, -0.25) is 0 Å². The van der Waals surface area contributed by atoms with Crippen molar-refractivity contribution in [2.45, 2.75) is 51.2 Å². The summed E-state index contributed by atoms with van der Waals surface area (Å²) in [5, 5.41) is 10.0. The van der Waals surface area contributed by atoms with Gasteiger partial charge in [-0.2, -0.15) is 5.26 Å². The summed E-state index contributed by atoms with van der Waals surface area (Å²) in [5.74, 6) is -0.388. The molecule has 1 saturated heterocycles. The Bertz CT molecular complexity index is 924. The number of para-hydroxylation sites is 1. The van der Waals surface area contributed by atoms with Crippen LogP contribution in [0.25, 0.3) is 0 Å². The molecule has 1 aliphatic heterocycles. The molecule has 0 radical (unpaired) electrons. The highest BCUT2D eigenvalue weighted by Gasteiger charge is 2.41. The Kier molecular flexibility index (Phi) is 6.31. The maximum absolute atomic E-state index is 14.7. The van der Waals surface area contributed by atoms with Crippen LogP contribution in [-0.2, 0) is 16.8 Å². The lowest BCUT2D eigenvalue weighted by molar-refractivity contribution is 0.0184. The number of benzene rings is 2. The summed E-state index contributed by atoms with van der Waals surface area (Å²) >= 11 is 0. The molecule has 1 fully saturated rings. The predicted molar refractivity (Wildman–Crippen MR) is 112 cm³/mol. The van der Waals surface area contributed by atoms with Crippen LogP contribution >= 0.6 is 0 Å². The first kappa shape index (κ1) is 21.6. The van der Waals surface area contributed by atoms with E-state index < -0.39 is 22.9 Å². The molecule has 30 heavy (non-hydrogen) atoms. The Balaban J connectivity index is 1.79. The third-order valence-electron chi connectivity index (χ3n) is 5.19. The lowest BCUT2D eigenvalue weighted by Gasteiger charge is -2.38. The molecule has 0 saturated carbocycles. The van der Waals surface area contributed by atoms with Crippen LogP contribution in [0.5, 0.6) is 5.75 Å². The first-order valence-electron chi connectivity index (χ1n) is 10.1. The molecule has 6 heteroatoms. The number of nitriles is 1. The smallest absolute Gasteiger partial charge is 0.410 e. The van der Waals surface area contributed by atoms with Gasteiger partial charge in [0.15, 0.2) is 11.6 Å². The summed E-state index contributed by atoms with van der Waals surface area (Å²) in [6.07, 6.45) is 0.371. The van der Waals surface area contributed by atoms with Gasteiger partial charge in [0, 0.05) is 18.7 Å². The van der Waals surface area contributed by atoms with Gasteiger partial charge in [0.05, 0.1) is 11.5 Å². The first-order chi connectivity index (χ1) is 14.2. The predicted octanol–water partition coefficient (Wildman–Crippen LogP) is 5.20. The van der Waals surface area contributed by atoms with Gasteiger partial charge in [0.1, 0.15) is 12.2 Å². The Morgan fingerprint density at radius 2 is 1.80 bits per heavy atom. The Hall–Kier alpha value is -3.07. The molecule has 0 aromatic heterocycles. The second kappa shape index (κ2) is 8.74.